The quantitative estimate of drug-likeness (QED) is 0.336. The van der Waals surface area contributed by atoms with Crippen LogP contribution in [0.15, 0.2) is 18.2 Å². The number of halogens is 2. The maximum Gasteiger partial charge on any atom is 0.311 e. The van der Waals surface area contributed by atoms with E-state index in [-0.39, 0.29) is 18.0 Å². The van der Waals surface area contributed by atoms with Crippen LogP contribution in [0.1, 0.15) is 12.8 Å². The van der Waals surface area contributed by atoms with Crippen LogP contribution < -0.4 is 4.74 Å². The number of benzene rings is 1. The van der Waals surface area contributed by atoms with Crippen LogP contribution >= 0.6 is 11.6 Å². The van der Waals surface area contributed by atoms with Gasteiger partial charge in [0.05, 0.1) is 11.5 Å². The third kappa shape index (κ3) is 3.66. The van der Waals surface area contributed by atoms with Crippen LogP contribution in [-0.2, 0) is 0 Å². The number of nitro groups is 1. The van der Waals surface area contributed by atoms with E-state index in [2.05, 4.69) is 0 Å². The Balaban J connectivity index is 2.68. The zero-order valence-corrected chi connectivity index (χ0v) is 9.24. The number of nitro benzene ring substituents is 1. The molecule has 0 fully saturated rings. The number of hydrogen-bond acceptors (Lipinski definition) is 3. The van der Waals surface area contributed by atoms with Crippen molar-refractivity contribution in [1.82, 2.24) is 0 Å². The Morgan fingerprint density at radius 2 is 2.19 bits per heavy atom. The van der Waals surface area contributed by atoms with E-state index in [4.69, 9.17) is 16.3 Å². The van der Waals surface area contributed by atoms with Gasteiger partial charge < -0.3 is 4.74 Å². The minimum absolute atomic E-state index is 0.0421. The summed E-state index contributed by atoms with van der Waals surface area (Å²) in [6, 6.07) is 3.13. The van der Waals surface area contributed by atoms with Crippen LogP contribution in [0.25, 0.3) is 0 Å². The number of unbranched alkanes of at least 4 members (excludes halogenated alkanes) is 1. The van der Waals surface area contributed by atoms with Crippen molar-refractivity contribution in [3.05, 3.63) is 34.1 Å². The molecule has 16 heavy (non-hydrogen) atoms. The number of hydrogen-bond donors (Lipinski definition) is 0. The third-order valence-corrected chi connectivity index (χ3v) is 2.17. The smallest absolute Gasteiger partial charge is 0.311 e. The standard InChI is InChI=1S/C10H11ClFNO3/c11-5-1-2-6-16-10-7-8(12)3-4-9(10)13(14)15/h3-4,7H,1-2,5-6H2. The van der Waals surface area contributed by atoms with Gasteiger partial charge in [-0.3, -0.25) is 10.1 Å². The summed E-state index contributed by atoms with van der Waals surface area (Å²) in [5, 5.41) is 10.6. The van der Waals surface area contributed by atoms with Crippen molar-refractivity contribution in [2.75, 3.05) is 12.5 Å². The molecule has 1 rings (SSSR count). The van der Waals surface area contributed by atoms with Crippen molar-refractivity contribution in [3.8, 4) is 5.75 Å². The molecule has 0 amide bonds. The Hall–Kier alpha value is -1.36. The van der Waals surface area contributed by atoms with Gasteiger partial charge in [-0.1, -0.05) is 0 Å². The van der Waals surface area contributed by atoms with Crippen LogP contribution in [0.5, 0.6) is 5.75 Å². The van der Waals surface area contributed by atoms with Crippen molar-refractivity contribution in [2.24, 2.45) is 0 Å². The molecule has 0 N–H and O–H groups in total. The van der Waals surface area contributed by atoms with Crippen molar-refractivity contribution >= 4 is 17.3 Å². The molecule has 0 aromatic heterocycles. The van der Waals surface area contributed by atoms with Crippen molar-refractivity contribution in [1.29, 1.82) is 0 Å². The fourth-order valence-electron chi connectivity index (χ4n) is 1.13. The molecule has 0 aliphatic rings. The molecule has 0 saturated heterocycles. The molecule has 0 aliphatic carbocycles. The minimum atomic E-state index is -0.601. The van der Waals surface area contributed by atoms with Gasteiger partial charge >= 0.3 is 5.69 Å². The minimum Gasteiger partial charge on any atom is -0.487 e. The summed E-state index contributed by atoms with van der Waals surface area (Å²) in [5.41, 5.74) is -0.229. The van der Waals surface area contributed by atoms with Gasteiger partial charge in [0.2, 0.25) is 0 Å². The molecule has 1 aromatic carbocycles. The lowest BCUT2D eigenvalue weighted by Gasteiger charge is -2.05. The summed E-state index contributed by atoms with van der Waals surface area (Å²) in [4.78, 5) is 10.0. The van der Waals surface area contributed by atoms with Gasteiger partial charge in [0.1, 0.15) is 5.82 Å². The zero-order chi connectivity index (χ0) is 12.0. The van der Waals surface area contributed by atoms with Gasteiger partial charge in [-0.2, -0.15) is 0 Å². The first kappa shape index (κ1) is 12.7. The summed E-state index contributed by atoms with van der Waals surface area (Å²) in [6.45, 7) is 0.289. The van der Waals surface area contributed by atoms with Crippen molar-refractivity contribution in [2.45, 2.75) is 12.8 Å². The van der Waals surface area contributed by atoms with Crippen LogP contribution in [0.4, 0.5) is 10.1 Å². The van der Waals surface area contributed by atoms with Crippen LogP contribution in [0.3, 0.4) is 0 Å². The second-order valence-corrected chi connectivity index (χ2v) is 3.49. The van der Waals surface area contributed by atoms with Gasteiger partial charge in [0.15, 0.2) is 5.75 Å². The first-order chi connectivity index (χ1) is 7.65. The molecular formula is C10H11ClFNO3. The second kappa shape index (κ2) is 6.27. The summed E-state index contributed by atoms with van der Waals surface area (Å²) < 4.78 is 18.0. The normalized spacial score (nSPS) is 10.1. The lowest BCUT2D eigenvalue weighted by molar-refractivity contribution is -0.385. The summed E-state index contributed by atoms with van der Waals surface area (Å²) in [5.74, 6) is -0.0910. The Kier molecular flexibility index (Phi) is 4.98. The maximum atomic E-state index is 12.9. The predicted molar refractivity (Wildman–Crippen MR) is 58.5 cm³/mol. The van der Waals surface area contributed by atoms with Crippen molar-refractivity contribution in [3.63, 3.8) is 0 Å². The Bertz CT molecular complexity index is 373. The summed E-state index contributed by atoms with van der Waals surface area (Å²) >= 11 is 5.47. The van der Waals surface area contributed by atoms with Gasteiger partial charge in [0.25, 0.3) is 0 Å². The molecule has 0 saturated carbocycles. The molecule has 0 aliphatic heterocycles. The molecule has 0 heterocycles. The van der Waals surface area contributed by atoms with E-state index >= 15 is 0 Å². The Labute approximate surface area is 97.1 Å². The number of alkyl halides is 1. The van der Waals surface area contributed by atoms with Gasteiger partial charge in [-0.15, -0.1) is 11.6 Å². The Morgan fingerprint density at radius 3 is 2.81 bits per heavy atom. The average molecular weight is 248 g/mol. The highest BCUT2D eigenvalue weighted by Gasteiger charge is 2.15. The highest BCUT2D eigenvalue weighted by Crippen LogP contribution is 2.27. The van der Waals surface area contributed by atoms with Crippen LogP contribution in [0, 0.1) is 15.9 Å². The molecule has 4 nitrogen and oxygen atoms in total. The van der Waals surface area contributed by atoms with E-state index in [9.17, 15) is 14.5 Å². The lowest BCUT2D eigenvalue weighted by atomic mass is 10.3. The van der Waals surface area contributed by atoms with E-state index in [1.807, 2.05) is 0 Å². The van der Waals surface area contributed by atoms with Crippen molar-refractivity contribution < 1.29 is 14.1 Å². The van der Waals surface area contributed by atoms with E-state index in [0.717, 1.165) is 24.6 Å². The van der Waals surface area contributed by atoms with Gasteiger partial charge in [-0.25, -0.2) is 4.39 Å². The number of nitrogens with zero attached hydrogens (tertiary/aromatic N) is 1. The molecule has 0 unspecified atom stereocenters. The molecule has 1 aromatic rings. The largest absolute Gasteiger partial charge is 0.487 e. The van der Waals surface area contributed by atoms with E-state index in [0.29, 0.717) is 12.3 Å². The number of rotatable bonds is 6. The second-order valence-electron chi connectivity index (χ2n) is 3.11. The molecule has 88 valence electrons. The fraction of sp³-hybridized carbons (Fsp3) is 0.400. The van der Waals surface area contributed by atoms with Crippen LogP contribution in [-0.4, -0.2) is 17.4 Å². The fourth-order valence-corrected chi connectivity index (χ4v) is 1.32. The first-order valence-corrected chi connectivity index (χ1v) is 5.31. The first-order valence-electron chi connectivity index (χ1n) is 4.78. The Morgan fingerprint density at radius 1 is 1.44 bits per heavy atom. The van der Waals surface area contributed by atoms with E-state index in [1.54, 1.807) is 0 Å². The van der Waals surface area contributed by atoms with E-state index < -0.39 is 10.7 Å². The topological polar surface area (TPSA) is 52.4 Å². The molecule has 0 spiro atoms. The summed E-state index contributed by atoms with van der Waals surface area (Å²) in [7, 11) is 0. The average Bonchev–Trinajstić information content (AvgIpc) is 2.24. The molecular weight excluding hydrogens is 237 g/mol. The van der Waals surface area contributed by atoms with E-state index in [1.165, 1.54) is 0 Å². The SMILES string of the molecule is O=[N+]([O-])c1ccc(F)cc1OCCCCCl. The highest BCUT2D eigenvalue weighted by atomic mass is 35.5. The predicted octanol–water partition coefficient (Wildman–Crippen LogP) is 3.13. The molecule has 0 radical (unpaired) electrons. The molecule has 6 heteroatoms. The lowest BCUT2D eigenvalue weighted by Crippen LogP contribution is -2.01. The van der Waals surface area contributed by atoms with Crippen LogP contribution in [0.2, 0.25) is 0 Å². The summed E-state index contributed by atoms with van der Waals surface area (Å²) in [6.07, 6.45) is 1.43. The number of ether oxygens (including phenoxy) is 1. The highest BCUT2D eigenvalue weighted by molar-refractivity contribution is 6.17. The molecule has 0 atom stereocenters. The maximum absolute atomic E-state index is 12.9. The van der Waals surface area contributed by atoms with Gasteiger partial charge in [-0.05, 0) is 18.9 Å². The zero-order valence-electron chi connectivity index (χ0n) is 8.49. The van der Waals surface area contributed by atoms with Gasteiger partial charge in [0, 0.05) is 18.0 Å². The monoisotopic (exact) mass is 247 g/mol. The third-order valence-electron chi connectivity index (χ3n) is 1.90. The molecule has 0 bridgehead atoms.